The summed E-state index contributed by atoms with van der Waals surface area (Å²) in [5.74, 6) is 0. The van der Waals surface area contributed by atoms with Gasteiger partial charge in [0.05, 0.1) is 11.1 Å². The van der Waals surface area contributed by atoms with Crippen molar-refractivity contribution in [2.45, 2.75) is 5.41 Å². The normalized spacial score (nSPS) is 13.1. The fourth-order valence-electron chi connectivity index (χ4n) is 8.26. The van der Waals surface area contributed by atoms with Crippen LogP contribution in [0.2, 0.25) is 0 Å². The van der Waals surface area contributed by atoms with E-state index in [1.165, 1.54) is 70.0 Å². The van der Waals surface area contributed by atoms with Crippen molar-refractivity contribution in [2.24, 2.45) is 0 Å². The Bertz CT molecular complexity index is 2620. The highest BCUT2D eigenvalue weighted by molar-refractivity contribution is 7.25. The van der Waals surface area contributed by atoms with Crippen LogP contribution in [-0.4, -0.2) is 0 Å². The average molecular weight is 642 g/mol. The lowest BCUT2D eigenvalue weighted by molar-refractivity contribution is 0.770. The molecule has 0 saturated carbocycles. The van der Waals surface area contributed by atoms with Crippen LogP contribution in [0.3, 0.4) is 0 Å². The third-order valence-electron chi connectivity index (χ3n) is 10.3. The fourth-order valence-corrected chi connectivity index (χ4v) is 9.44. The molecule has 0 bridgehead atoms. The molecule has 1 aliphatic carbocycles. The molecular formula is C47H31NS. The summed E-state index contributed by atoms with van der Waals surface area (Å²) in [6, 6.07) is 69.1. The maximum atomic E-state index is 2.46. The van der Waals surface area contributed by atoms with Crippen molar-refractivity contribution in [3.05, 3.63) is 210 Å². The SMILES string of the molecule is c1ccc(N(c2ccc3c(c2)sc2cc(C4(c5ccccc5)c5ccccc5-c5ccccc54)ccc23)c2cccc3ccccc23)cc1. The summed E-state index contributed by atoms with van der Waals surface area (Å²) in [5.41, 5.74) is 11.0. The average Bonchev–Trinajstić information content (AvgIpc) is 3.69. The summed E-state index contributed by atoms with van der Waals surface area (Å²) >= 11 is 1.89. The molecule has 9 aromatic rings. The topological polar surface area (TPSA) is 3.24 Å². The number of benzene rings is 8. The monoisotopic (exact) mass is 641 g/mol. The number of hydrogen-bond acceptors (Lipinski definition) is 2. The Kier molecular flexibility index (Phi) is 6.34. The van der Waals surface area contributed by atoms with E-state index < -0.39 is 5.41 Å². The van der Waals surface area contributed by atoms with Gasteiger partial charge in [-0.15, -0.1) is 11.3 Å². The first kappa shape index (κ1) is 28.1. The van der Waals surface area contributed by atoms with Crippen molar-refractivity contribution < 1.29 is 0 Å². The summed E-state index contributed by atoms with van der Waals surface area (Å²) < 4.78 is 2.59. The zero-order chi connectivity index (χ0) is 32.4. The van der Waals surface area contributed by atoms with Crippen molar-refractivity contribution in [2.75, 3.05) is 4.90 Å². The highest BCUT2D eigenvalue weighted by Gasteiger charge is 2.45. The molecule has 0 amide bonds. The van der Waals surface area contributed by atoms with Crippen molar-refractivity contribution in [3.8, 4) is 11.1 Å². The third kappa shape index (κ3) is 4.18. The summed E-state index contributed by atoms with van der Waals surface area (Å²) in [5, 5.41) is 5.06. The summed E-state index contributed by atoms with van der Waals surface area (Å²) in [6.45, 7) is 0. The quantitative estimate of drug-likeness (QED) is 0.181. The minimum Gasteiger partial charge on any atom is -0.310 e. The summed E-state index contributed by atoms with van der Waals surface area (Å²) in [6.07, 6.45) is 0. The molecule has 230 valence electrons. The Hall–Kier alpha value is -5.96. The van der Waals surface area contributed by atoms with Gasteiger partial charge < -0.3 is 4.90 Å². The zero-order valence-electron chi connectivity index (χ0n) is 26.8. The van der Waals surface area contributed by atoms with Gasteiger partial charge >= 0.3 is 0 Å². The van der Waals surface area contributed by atoms with Crippen LogP contribution >= 0.6 is 11.3 Å². The molecule has 0 N–H and O–H groups in total. The molecule has 1 heterocycles. The van der Waals surface area contributed by atoms with Crippen molar-refractivity contribution in [1.82, 2.24) is 0 Å². The van der Waals surface area contributed by atoms with E-state index in [1.54, 1.807) is 0 Å². The van der Waals surface area contributed by atoms with Gasteiger partial charge in [-0.1, -0.05) is 152 Å². The van der Waals surface area contributed by atoms with Gasteiger partial charge in [-0.25, -0.2) is 0 Å². The largest absolute Gasteiger partial charge is 0.310 e. The fraction of sp³-hybridized carbons (Fsp3) is 0.0213. The Labute approximate surface area is 290 Å². The van der Waals surface area contributed by atoms with E-state index in [-0.39, 0.29) is 0 Å². The van der Waals surface area contributed by atoms with Crippen LogP contribution in [0.15, 0.2) is 188 Å². The molecule has 0 radical (unpaired) electrons. The standard InChI is InChI=1S/C47H31NS/c1-3-16-33(17-4-1)47(42-23-11-9-21-38(42)39-22-10-12-24-43(39)47)34-26-28-40-41-29-27-36(31-46(41)49-45(40)30-34)48(35-18-5-2-6-19-35)44-25-13-15-32-14-7-8-20-37(32)44/h1-31H. The Balaban J connectivity index is 1.18. The Morgan fingerprint density at radius 1 is 0.388 bits per heavy atom. The van der Waals surface area contributed by atoms with Gasteiger partial charge in [0.25, 0.3) is 0 Å². The zero-order valence-corrected chi connectivity index (χ0v) is 27.6. The second-order valence-electron chi connectivity index (χ2n) is 12.9. The highest BCUT2D eigenvalue weighted by atomic mass is 32.1. The van der Waals surface area contributed by atoms with Gasteiger partial charge in [-0.3, -0.25) is 0 Å². The van der Waals surface area contributed by atoms with Crippen LogP contribution in [-0.2, 0) is 5.41 Å². The molecule has 1 aliphatic rings. The number of hydrogen-bond donors (Lipinski definition) is 0. The number of para-hydroxylation sites is 1. The van der Waals surface area contributed by atoms with Crippen LogP contribution < -0.4 is 4.90 Å². The van der Waals surface area contributed by atoms with Crippen LogP contribution in [0.1, 0.15) is 22.3 Å². The molecular weight excluding hydrogens is 611 g/mol. The first-order valence-electron chi connectivity index (χ1n) is 16.9. The van der Waals surface area contributed by atoms with Gasteiger partial charge in [-0.05, 0) is 75.2 Å². The van der Waals surface area contributed by atoms with Gasteiger partial charge in [0.15, 0.2) is 0 Å². The number of nitrogens with zero attached hydrogens (tertiary/aromatic N) is 1. The maximum Gasteiger partial charge on any atom is 0.0714 e. The van der Waals surface area contributed by atoms with E-state index in [4.69, 9.17) is 0 Å². The van der Waals surface area contributed by atoms with Crippen LogP contribution in [0, 0.1) is 0 Å². The predicted octanol–water partition coefficient (Wildman–Crippen LogP) is 13.0. The Morgan fingerprint density at radius 3 is 1.73 bits per heavy atom. The number of fused-ring (bicyclic) bond motifs is 7. The summed E-state index contributed by atoms with van der Waals surface area (Å²) in [7, 11) is 0. The van der Waals surface area contributed by atoms with E-state index in [1.807, 2.05) is 11.3 Å². The van der Waals surface area contributed by atoms with Crippen LogP contribution in [0.25, 0.3) is 42.1 Å². The number of anilines is 3. The van der Waals surface area contributed by atoms with E-state index >= 15 is 0 Å². The molecule has 10 rings (SSSR count). The predicted molar refractivity (Wildman–Crippen MR) is 209 cm³/mol. The minimum atomic E-state index is -0.400. The lowest BCUT2D eigenvalue weighted by Crippen LogP contribution is -2.28. The van der Waals surface area contributed by atoms with E-state index in [0.717, 1.165) is 11.4 Å². The number of rotatable bonds is 5. The molecule has 2 heteroatoms. The van der Waals surface area contributed by atoms with Crippen LogP contribution in [0.4, 0.5) is 17.1 Å². The molecule has 1 nitrogen and oxygen atoms in total. The highest BCUT2D eigenvalue weighted by Crippen LogP contribution is 2.56. The molecule has 0 saturated heterocycles. The second-order valence-corrected chi connectivity index (χ2v) is 14.0. The molecule has 49 heavy (non-hydrogen) atoms. The maximum absolute atomic E-state index is 2.46. The molecule has 0 atom stereocenters. The molecule has 0 aliphatic heterocycles. The van der Waals surface area contributed by atoms with Gasteiger partial charge in [0, 0.05) is 36.9 Å². The smallest absolute Gasteiger partial charge is 0.0714 e. The molecule has 8 aromatic carbocycles. The van der Waals surface area contributed by atoms with Crippen molar-refractivity contribution >= 4 is 59.3 Å². The molecule has 1 aromatic heterocycles. The van der Waals surface area contributed by atoms with Crippen LogP contribution in [0.5, 0.6) is 0 Å². The number of thiophene rings is 1. The lowest BCUT2D eigenvalue weighted by atomic mass is 9.67. The molecule has 0 spiro atoms. The first-order chi connectivity index (χ1) is 24.3. The first-order valence-corrected chi connectivity index (χ1v) is 17.7. The third-order valence-corrected chi connectivity index (χ3v) is 11.4. The second kappa shape index (κ2) is 11.1. The van der Waals surface area contributed by atoms with Crippen molar-refractivity contribution in [1.29, 1.82) is 0 Å². The van der Waals surface area contributed by atoms with E-state index in [9.17, 15) is 0 Å². The van der Waals surface area contributed by atoms with Gasteiger partial charge in [0.2, 0.25) is 0 Å². The molecule has 0 fully saturated rings. The van der Waals surface area contributed by atoms with Crippen molar-refractivity contribution in [3.63, 3.8) is 0 Å². The van der Waals surface area contributed by atoms with Gasteiger partial charge in [-0.2, -0.15) is 0 Å². The van der Waals surface area contributed by atoms with Gasteiger partial charge in [0.1, 0.15) is 0 Å². The molecule has 0 unspecified atom stereocenters. The lowest BCUT2D eigenvalue weighted by Gasteiger charge is -2.33. The minimum absolute atomic E-state index is 0.400. The summed E-state index contributed by atoms with van der Waals surface area (Å²) in [4.78, 5) is 2.40. The van der Waals surface area contributed by atoms with E-state index in [0.29, 0.717) is 0 Å². The Morgan fingerprint density at radius 2 is 0.980 bits per heavy atom. The van der Waals surface area contributed by atoms with E-state index in [2.05, 4.69) is 193 Å².